The van der Waals surface area contributed by atoms with E-state index in [0.717, 1.165) is 6.42 Å². The number of thiophene rings is 1. The molecule has 0 aliphatic rings. The highest BCUT2D eigenvalue weighted by molar-refractivity contribution is 9.10. The summed E-state index contributed by atoms with van der Waals surface area (Å²) in [6.07, 6.45) is 1.02. The van der Waals surface area contributed by atoms with Gasteiger partial charge in [-0.2, -0.15) is 0 Å². The molecule has 2 aromatic rings. The molecule has 1 nitrogen and oxygen atoms in total. The Balaban J connectivity index is 2.15. The number of halogens is 1. The largest absolute Gasteiger partial charge is 0.313 e. The van der Waals surface area contributed by atoms with Gasteiger partial charge in [0.1, 0.15) is 0 Å². The molecule has 0 radical (unpaired) electrons. The van der Waals surface area contributed by atoms with Crippen molar-refractivity contribution in [2.45, 2.75) is 32.2 Å². The first-order valence-electron chi connectivity index (χ1n) is 6.60. The molecule has 0 fully saturated rings. The number of hydrogen-bond donors (Lipinski definition) is 1. The van der Waals surface area contributed by atoms with Gasteiger partial charge in [-0.3, -0.25) is 0 Å². The fourth-order valence-electron chi connectivity index (χ4n) is 2.16. The van der Waals surface area contributed by atoms with Gasteiger partial charge in [0.25, 0.3) is 0 Å². The third-order valence-electron chi connectivity index (χ3n) is 3.43. The summed E-state index contributed by atoms with van der Waals surface area (Å²) in [7, 11) is 2.03. The molecule has 0 saturated heterocycles. The summed E-state index contributed by atoms with van der Waals surface area (Å²) in [5, 5.41) is 5.55. The predicted molar refractivity (Wildman–Crippen MR) is 88.1 cm³/mol. The van der Waals surface area contributed by atoms with Crippen molar-refractivity contribution in [3.63, 3.8) is 0 Å². The molecule has 0 aliphatic heterocycles. The van der Waals surface area contributed by atoms with Gasteiger partial charge in [0.2, 0.25) is 0 Å². The molecule has 102 valence electrons. The van der Waals surface area contributed by atoms with Crippen LogP contribution in [0, 0.1) is 0 Å². The second-order valence-electron chi connectivity index (χ2n) is 5.06. The van der Waals surface area contributed by atoms with Crippen LogP contribution in [0.1, 0.15) is 41.8 Å². The first kappa shape index (κ1) is 14.8. The van der Waals surface area contributed by atoms with Gasteiger partial charge in [0.15, 0.2) is 0 Å². The lowest BCUT2D eigenvalue weighted by atomic mass is 9.97. The Hall–Kier alpha value is -0.640. The van der Waals surface area contributed by atoms with Gasteiger partial charge >= 0.3 is 0 Å². The first-order chi connectivity index (χ1) is 9.11. The van der Waals surface area contributed by atoms with Gasteiger partial charge < -0.3 is 5.32 Å². The summed E-state index contributed by atoms with van der Waals surface area (Å²) in [5.41, 5.74) is 2.75. The molecule has 1 aromatic carbocycles. The zero-order valence-corrected chi connectivity index (χ0v) is 14.0. The van der Waals surface area contributed by atoms with E-state index in [-0.39, 0.29) is 0 Å². The summed E-state index contributed by atoms with van der Waals surface area (Å²) < 4.78 is 1.22. The average molecular weight is 338 g/mol. The molecule has 19 heavy (non-hydrogen) atoms. The third kappa shape index (κ3) is 3.68. The Labute approximate surface area is 128 Å². The second-order valence-corrected chi connectivity index (χ2v) is 6.91. The van der Waals surface area contributed by atoms with Gasteiger partial charge in [0, 0.05) is 21.8 Å². The molecule has 1 aromatic heterocycles. The van der Waals surface area contributed by atoms with Crippen molar-refractivity contribution in [1.82, 2.24) is 5.32 Å². The van der Waals surface area contributed by atoms with Crippen LogP contribution in [-0.4, -0.2) is 7.05 Å². The van der Waals surface area contributed by atoms with Crippen LogP contribution in [0.2, 0.25) is 0 Å². The topological polar surface area (TPSA) is 12.0 Å². The van der Waals surface area contributed by atoms with Crippen LogP contribution in [0.5, 0.6) is 0 Å². The van der Waals surface area contributed by atoms with E-state index in [1.165, 1.54) is 20.5 Å². The van der Waals surface area contributed by atoms with E-state index in [1.807, 2.05) is 18.4 Å². The van der Waals surface area contributed by atoms with Crippen LogP contribution < -0.4 is 5.32 Å². The quantitative estimate of drug-likeness (QED) is 0.796. The molecule has 3 heteroatoms. The van der Waals surface area contributed by atoms with Crippen LogP contribution in [0.15, 0.2) is 40.2 Å². The molecule has 1 unspecified atom stereocenters. The van der Waals surface area contributed by atoms with E-state index in [1.54, 1.807) is 0 Å². The van der Waals surface area contributed by atoms with Crippen LogP contribution in [0.25, 0.3) is 0 Å². The first-order valence-corrected chi connectivity index (χ1v) is 8.28. The maximum Gasteiger partial charge on any atom is 0.0366 e. The Bertz CT molecular complexity index is 516. The molecule has 0 aliphatic carbocycles. The smallest absolute Gasteiger partial charge is 0.0366 e. The molecule has 0 spiro atoms. The van der Waals surface area contributed by atoms with Crippen LogP contribution in [0.4, 0.5) is 0 Å². The Morgan fingerprint density at radius 2 is 1.74 bits per heavy atom. The number of rotatable bonds is 5. The van der Waals surface area contributed by atoms with Gasteiger partial charge in [-0.25, -0.2) is 0 Å². The van der Waals surface area contributed by atoms with E-state index >= 15 is 0 Å². The summed E-state index contributed by atoms with van der Waals surface area (Å²) in [4.78, 5) is 1.40. The van der Waals surface area contributed by atoms with Crippen LogP contribution in [-0.2, 0) is 6.42 Å². The summed E-state index contributed by atoms with van der Waals surface area (Å²) >= 11 is 5.42. The molecular formula is C16H20BrNS. The minimum Gasteiger partial charge on any atom is -0.313 e. The van der Waals surface area contributed by atoms with E-state index < -0.39 is 0 Å². The maximum atomic E-state index is 3.61. The monoisotopic (exact) mass is 337 g/mol. The molecule has 0 amide bonds. The summed E-state index contributed by atoms with van der Waals surface area (Å²) in [6, 6.07) is 11.5. The number of benzene rings is 1. The normalized spacial score (nSPS) is 12.9. The van der Waals surface area contributed by atoms with E-state index in [9.17, 15) is 0 Å². The number of nitrogens with one attached hydrogen (secondary N) is 1. The molecule has 0 bridgehead atoms. The number of likely N-dealkylation sites (N-methyl/N-ethyl adjacent to an activating group) is 1. The molecule has 0 saturated carbocycles. The molecule has 1 heterocycles. The summed E-state index contributed by atoms with van der Waals surface area (Å²) in [5.74, 6) is 0.591. The zero-order chi connectivity index (χ0) is 13.8. The van der Waals surface area contributed by atoms with Gasteiger partial charge in [-0.1, -0.05) is 38.1 Å². The SMILES string of the molecule is CNC(Cc1sccc1Br)c1ccc(C(C)C)cc1. The predicted octanol–water partition coefficient (Wildman–Crippen LogP) is 5.14. The molecule has 2 rings (SSSR count). The molecular weight excluding hydrogens is 318 g/mol. The highest BCUT2D eigenvalue weighted by Crippen LogP contribution is 2.28. The van der Waals surface area contributed by atoms with Crippen molar-refractivity contribution in [1.29, 1.82) is 0 Å². The van der Waals surface area contributed by atoms with Crippen molar-refractivity contribution in [3.05, 3.63) is 56.2 Å². The van der Waals surface area contributed by atoms with E-state index in [0.29, 0.717) is 12.0 Å². The minimum atomic E-state index is 0.371. The Morgan fingerprint density at radius 1 is 1.11 bits per heavy atom. The zero-order valence-electron chi connectivity index (χ0n) is 11.6. The average Bonchev–Trinajstić information content (AvgIpc) is 2.81. The van der Waals surface area contributed by atoms with Crippen LogP contribution >= 0.6 is 27.3 Å². The third-order valence-corrected chi connectivity index (χ3v) is 5.38. The van der Waals surface area contributed by atoms with E-state index in [2.05, 4.69) is 70.8 Å². The summed E-state index contributed by atoms with van der Waals surface area (Å²) in [6.45, 7) is 4.46. The van der Waals surface area contributed by atoms with Crippen molar-refractivity contribution >= 4 is 27.3 Å². The fraction of sp³-hybridized carbons (Fsp3) is 0.375. The minimum absolute atomic E-state index is 0.371. The maximum absolute atomic E-state index is 3.61. The number of hydrogen-bond acceptors (Lipinski definition) is 2. The van der Waals surface area contributed by atoms with E-state index in [4.69, 9.17) is 0 Å². The van der Waals surface area contributed by atoms with Crippen molar-refractivity contribution in [2.75, 3.05) is 7.05 Å². The second kappa shape index (κ2) is 6.69. The lowest BCUT2D eigenvalue weighted by molar-refractivity contribution is 0.595. The highest BCUT2D eigenvalue weighted by Gasteiger charge is 2.13. The van der Waals surface area contributed by atoms with Crippen molar-refractivity contribution in [2.24, 2.45) is 0 Å². The molecule has 1 N–H and O–H groups in total. The lowest BCUT2D eigenvalue weighted by Gasteiger charge is -2.17. The standard InChI is InChI=1S/C16H20BrNS/c1-11(2)12-4-6-13(7-5-12)15(18-3)10-16-14(17)8-9-19-16/h4-9,11,15,18H,10H2,1-3H3. The van der Waals surface area contributed by atoms with Crippen molar-refractivity contribution < 1.29 is 0 Å². The molecule has 1 atom stereocenters. The highest BCUT2D eigenvalue weighted by atomic mass is 79.9. The Kier molecular flexibility index (Phi) is 5.20. The van der Waals surface area contributed by atoms with Crippen LogP contribution in [0.3, 0.4) is 0 Å². The van der Waals surface area contributed by atoms with Gasteiger partial charge in [-0.05, 0) is 51.5 Å². The fourth-order valence-corrected chi connectivity index (χ4v) is 3.72. The van der Waals surface area contributed by atoms with Gasteiger partial charge in [0.05, 0.1) is 0 Å². The lowest BCUT2D eigenvalue weighted by Crippen LogP contribution is -2.18. The Morgan fingerprint density at radius 3 is 2.21 bits per heavy atom. The van der Waals surface area contributed by atoms with Gasteiger partial charge in [-0.15, -0.1) is 11.3 Å². The van der Waals surface area contributed by atoms with Crippen molar-refractivity contribution in [3.8, 4) is 0 Å².